The number of urea groups is 1. The van der Waals surface area contributed by atoms with Gasteiger partial charge in [-0.3, -0.25) is 0 Å². The van der Waals surface area contributed by atoms with E-state index >= 15 is 0 Å². The largest absolute Gasteiger partial charge is 0.495 e. The maximum Gasteiger partial charge on any atom is 0.319 e. The summed E-state index contributed by atoms with van der Waals surface area (Å²) in [4.78, 5) is 14.4. The van der Waals surface area contributed by atoms with Crippen molar-refractivity contribution in [2.45, 2.75) is 12.8 Å². The highest BCUT2D eigenvalue weighted by Crippen LogP contribution is 2.22. The van der Waals surface area contributed by atoms with Gasteiger partial charge in [0.1, 0.15) is 5.75 Å². The second-order valence-corrected chi connectivity index (χ2v) is 5.81. The first-order valence-electron chi connectivity index (χ1n) is 8.12. The molecule has 6 nitrogen and oxygen atoms in total. The van der Waals surface area contributed by atoms with Gasteiger partial charge in [0.05, 0.1) is 19.4 Å². The fourth-order valence-corrected chi connectivity index (χ4v) is 2.79. The molecule has 23 heavy (non-hydrogen) atoms. The maximum absolute atomic E-state index is 12.0. The Morgan fingerprint density at radius 3 is 2.70 bits per heavy atom. The number of nitrogens with one attached hydrogen (secondary N) is 2. The van der Waals surface area contributed by atoms with Crippen LogP contribution in [0.1, 0.15) is 12.8 Å². The number of hydrogen-bond donors (Lipinski definition) is 2. The second kappa shape index (κ2) is 9.37. The van der Waals surface area contributed by atoms with Crippen LogP contribution in [-0.2, 0) is 4.74 Å². The van der Waals surface area contributed by atoms with E-state index in [0.29, 0.717) is 23.9 Å². The third kappa shape index (κ3) is 5.73. The quantitative estimate of drug-likeness (QED) is 0.808. The van der Waals surface area contributed by atoms with Crippen LogP contribution in [0.5, 0.6) is 5.75 Å². The maximum atomic E-state index is 12.0. The Bertz CT molecular complexity index is 488. The van der Waals surface area contributed by atoms with Gasteiger partial charge in [-0.25, -0.2) is 4.79 Å². The van der Waals surface area contributed by atoms with Crippen LogP contribution in [0.2, 0.25) is 0 Å². The molecule has 0 bridgehead atoms. The number of ether oxygens (including phenoxy) is 2. The lowest BCUT2D eigenvalue weighted by molar-refractivity contribution is 0.120. The molecular weight excluding hydrogens is 294 g/mol. The van der Waals surface area contributed by atoms with Crippen molar-refractivity contribution in [3.05, 3.63) is 24.3 Å². The van der Waals surface area contributed by atoms with E-state index in [2.05, 4.69) is 15.5 Å². The topological polar surface area (TPSA) is 62.8 Å². The molecule has 1 aliphatic rings. The van der Waals surface area contributed by atoms with E-state index in [1.807, 2.05) is 24.3 Å². The van der Waals surface area contributed by atoms with Crippen molar-refractivity contribution in [3.63, 3.8) is 0 Å². The number of piperidine rings is 1. The Morgan fingerprint density at radius 1 is 1.26 bits per heavy atom. The van der Waals surface area contributed by atoms with Gasteiger partial charge < -0.3 is 25.0 Å². The van der Waals surface area contributed by atoms with Crippen LogP contribution in [-0.4, -0.2) is 57.9 Å². The van der Waals surface area contributed by atoms with Gasteiger partial charge in [0.2, 0.25) is 0 Å². The predicted molar refractivity (Wildman–Crippen MR) is 91.1 cm³/mol. The van der Waals surface area contributed by atoms with Gasteiger partial charge in [-0.1, -0.05) is 12.1 Å². The van der Waals surface area contributed by atoms with Crippen molar-refractivity contribution in [1.29, 1.82) is 0 Å². The molecule has 0 radical (unpaired) electrons. The summed E-state index contributed by atoms with van der Waals surface area (Å²) in [5.74, 6) is 1.20. The third-order valence-corrected chi connectivity index (χ3v) is 4.23. The van der Waals surface area contributed by atoms with Gasteiger partial charge in [0.25, 0.3) is 0 Å². The highest BCUT2D eigenvalue weighted by atomic mass is 16.5. The molecule has 2 N–H and O–H groups in total. The highest BCUT2D eigenvalue weighted by Gasteiger charge is 2.19. The molecule has 128 valence electrons. The molecule has 2 amide bonds. The minimum absolute atomic E-state index is 0.184. The minimum atomic E-state index is -0.184. The Labute approximate surface area is 138 Å². The van der Waals surface area contributed by atoms with Gasteiger partial charge in [-0.2, -0.15) is 0 Å². The summed E-state index contributed by atoms with van der Waals surface area (Å²) >= 11 is 0. The molecule has 1 heterocycles. The zero-order valence-corrected chi connectivity index (χ0v) is 14.0. The molecule has 1 fully saturated rings. The standard InChI is InChI=1S/C17H27N3O3/c1-22-12-11-20-9-7-14(8-10-20)13-18-17(21)19-15-5-3-4-6-16(15)23-2/h3-6,14H,7-13H2,1-2H3,(H2,18,19,21). The van der Waals surface area contributed by atoms with Gasteiger partial charge in [0, 0.05) is 20.2 Å². The molecular formula is C17H27N3O3. The summed E-state index contributed by atoms with van der Waals surface area (Å²) < 4.78 is 10.3. The van der Waals surface area contributed by atoms with E-state index in [-0.39, 0.29) is 6.03 Å². The fraction of sp³-hybridized carbons (Fsp3) is 0.588. The van der Waals surface area contributed by atoms with E-state index in [9.17, 15) is 4.79 Å². The minimum Gasteiger partial charge on any atom is -0.495 e. The van der Waals surface area contributed by atoms with E-state index < -0.39 is 0 Å². The third-order valence-electron chi connectivity index (χ3n) is 4.23. The van der Waals surface area contributed by atoms with Crippen LogP contribution in [0.4, 0.5) is 10.5 Å². The molecule has 0 saturated carbocycles. The van der Waals surface area contributed by atoms with Crippen LogP contribution >= 0.6 is 0 Å². The summed E-state index contributed by atoms with van der Waals surface area (Å²) in [7, 11) is 3.33. The van der Waals surface area contributed by atoms with Crippen LogP contribution in [0.25, 0.3) is 0 Å². The van der Waals surface area contributed by atoms with Crippen LogP contribution in [0.15, 0.2) is 24.3 Å². The predicted octanol–water partition coefficient (Wildman–Crippen LogP) is 2.18. The zero-order chi connectivity index (χ0) is 16.5. The lowest BCUT2D eigenvalue weighted by atomic mass is 9.97. The van der Waals surface area contributed by atoms with Gasteiger partial charge in [-0.05, 0) is 44.0 Å². The smallest absolute Gasteiger partial charge is 0.319 e. The number of carbonyl (C=O) groups excluding carboxylic acids is 1. The van der Waals surface area contributed by atoms with E-state index in [1.165, 1.54) is 0 Å². The normalized spacial score (nSPS) is 16.1. The molecule has 1 aromatic rings. The molecule has 0 spiro atoms. The second-order valence-electron chi connectivity index (χ2n) is 5.81. The van der Waals surface area contributed by atoms with E-state index in [1.54, 1.807) is 14.2 Å². The first-order chi connectivity index (χ1) is 11.2. The Balaban J connectivity index is 1.69. The van der Waals surface area contributed by atoms with E-state index in [4.69, 9.17) is 9.47 Å². The molecule has 0 atom stereocenters. The number of amides is 2. The Hall–Kier alpha value is -1.79. The van der Waals surface area contributed by atoms with Gasteiger partial charge >= 0.3 is 6.03 Å². The molecule has 1 aromatic carbocycles. The van der Waals surface area contributed by atoms with Crippen LogP contribution < -0.4 is 15.4 Å². The number of methoxy groups -OCH3 is 2. The van der Waals surface area contributed by atoms with Crippen LogP contribution in [0, 0.1) is 5.92 Å². The summed E-state index contributed by atoms with van der Waals surface area (Å²) in [5, 5.41) is 5.80. The molecule has 6 heteroatoms. The fourth-order valence-electron chi connectivity index (χ4n) is 2.79. The average Bonchev–Trinajstić information content (AvgIpc) is 2.59. The highest BCUT2D eigenvalue weighted by molar-refractivity contribution is 5.90. The Kier molecular flexibility index (Phi) is 7.16. The summed E-state index contributed by atoms with van der Waals surface area (Å²) in [6.07, 6.45) is 2.22. The number of carbonyl (C=O) groups is 1. The van der Waals surface area contributed by atoms with Crippen molar-refractivity contribution in [2.75, 3.05) is 52.3 Å². The molecule has 1 saturated heterocycles. The summed E-state index contributed by atoms with van der Waals surface area (Å²) in [6.45, 7) is 4.63. The number of hydrogen-bond acceptors (Lipinski definition) is 4. The number of likely N-dealkylation sites (tertiary alicyclic amines) is 1. The lowest BCUT2D eigenvalue weighted by Crippen LogP contribution is -2.40. The average molecular weight is 321 g/mol. The zero-order valence-electron chi connectivity index (χ0n) is 14.0. The first-order valence-corrected chi connectivity index (χ1v) is 8.12. The SMILES string of the molecule is COCCN1CCC(CNC(=O)Nc2ccccc2OC)CC1. The molecule has 2 rings (SSSR count). The first kappa shape index (κ1) is 17.6. The molecule has 0 aliphatic carbocycles. The van der Waals surface area contributed by atoms with Crippen molar-refractivity contribution in [1.82, 2.24) is 10.2 Å². The van der Waals surface area contributed by atoms with Gasteiger partial charge in [0.15, 0.2) is 0 Å². The molecule has 0 aromatic heterocycles. The van der Waals surface area contributed by atoms with Crippen LogP contribution in [0.3, 0.4) is 0 Å². The Morgan fingerprint density at radius 2 is 2.00 bits per heavy atom. The number of rotatable bonds is 7. The lowest BCUT2D eigenvalue weighted by Gasteiger charge is -2.31. The number of nitrogens with zero attached hydrogens (tertiary/aromatic N) is 1. The number of para-hydroxylation sites is 2. The van der Waals surface area contributed by atoms with Crippen molar-refractivity contribution in [2.24, 2.45) is 5.92 Å². The van der Waals surface area contributed by atoms with E-state index in [0.717, 1.165) is 39.1 Å². The van der Waals surface area contributed by atoms with Gasteiger partial charge in [-0.15, -0.1) is 0 Å². The number of anilines is 1. The van der Waals surface area contributed by atoms with Crippen molar-refractivity contribution >= 4 is 11.7 Å². The monoisotopic (exact) mass is 321 g/mol. The summed E-state index contributed by atoms with van der Waals surface area (Å²) in [5.41, 5.74) is 0.682. The number of benzene rings is 1. The van der Waals surface area contributed by atoms with Crippen molar-refractivity contribution in [3.8, 4) is 5.75 Å². The molecule has 0 unspecified atom stereocenters. The molecule has 1 aliphatic heterocycles. The summed E-state index contributed by atoms with van der Waals surface area (Å²) in [6, 6.07) is 7.21. The van der Waals surface area contributed by atoms with Crippen molar-refractivity contribution < 1.29 is 14.3 Å².